The molecular weight excluding hydrogens is 350 g/mol. The molecule has 0 unspecified atom stereocenters. The molecule has 0 fully saturated rings. The Bertz CT molecular complexity index is 1080. The smallest absolute Gasteiger partial charge is 0.258 e. The molecule has 0 saturated carbocycles. The van der Waals surface area contributed by atoms with Gasteiger partial charge < -0.3 is 15.0 Å². The van der Waals surface area contributed by atoms with Crippen molar-refractivity contribution < 1.29 is 9.53 Å². The van der Waals surface area contributed by atoms with Crippen LogP contribution < -0.4 is 10.1 Å². The summed E-state index contributed by atoms with van der Waals surface area (Å²) in [6.07, 6.45) is 0. The fourth-order valence-corrected chi connectivity index (χ4v) is 3.29. The molecular formula is C23H23N3O2. The maximum atomic E-state index is 12.5. The molecule has 1 heterocycles. The summed E-state index contributed by atoms with van der Waals surface area (Å²) < 4.78 is 5.71. The second-order valence-electron chi connectivity index (χ2n) is 7.23. The number of amides is 1. The lowest BCUT2D eigenvalue weighted by Gasteiger charge is -2.20. The van der Waals surface area contributed by atoms with E-state index in [9.17, 15) is 4.79 Å². The van der Waals surface area contributed by atoms with Gasteiger partial charge in [-0.3, -0.25) is 4.79 Å². The van der Waals surface area contributed by atoms with E-state index in [0.717, 1.165) is 27.6 Å². The van der Waals surface area contributed by atoms with Crippen LogP contribution >= 0.6 is 0 Å². The van der Waals surface area contributed by atoms with Crippen molar-refractivity contribution in [2.24, 2.45) is 5.92 Å². The molecule has 1 amide bonds. The highest BCUT2D eigenvalue weighted by Gasteiger charge is 2.22. The number of hydrogen-bond donors (Lipinski definition) is 2. The zero-order valence-electron chi connectivity index (χ0n) is 16.0. The lowest BCUT2D eigenvalue weighted by Crippen LogP contribution is -2.35. The molecule has 1 atom stereocenters. The Hall–Kier alpha value is -3.34. The zero-order valence-corrected chi connectivity index (χ0v) is 16.0. The Morgan fingerprint density at radius 3 is 2.57 bits per heavy atom. The maximum absolute atomic E-state index is 12.5. The van der Waals surface area contributed by atoms with Gasteiger partial charge in [0, 0.05) is 0 Å². The van der Waals surface area contributed by atoms with E-state index in [1.54, 1.807) is 0 Å². The highest BCUT2D eigenvalue weighted by atomic mass is 16.5. The number of benzene rings is 3. The van der Waals surface area contributed by atoms with Crippen LogP contribution in [0.15, 0.2) is 66.7 Å². The number of nitrogens with one attached hydrogen (secondary N) is 2. The number of para-hydroxylation sites is 2. The van der Waals surface area contributed by atoms with Crippen LogP contribution in [0, 0.1) is 5.92 Å². The van der Waals surface area contributed by atoms with Crippen LogP contribution in [0.4, 0.5) is 0 Å². The van der Waals surface area contributed by atoms with Crippen molar-refractivity contribution in [1.29, 1.82) is 0 Å². The highest BCUT2D eigenvalue weighted by molar-refractivity contribution is 5.84. The average Bonchev–Trinajstić information content (AvgIpc) is 3.14. The highest BCUT2D eigenvalue weighted by Crippen LogP contribution is 2.23. The molecule has 0 aliphatic rings. The number of rotatable bonds is 6. The third-order valence-electron chi connectivity index (χ3n) is 4.78. The van der Waals surface area contributed by atoms with E-state index in [-0.39, 0.29) is 24.5 Å². The molecule has 2 N–H and O–H groups in total. The van der Waals surface area contributed by atoms with E-state index in [0.29, 0.717) is 5.75 Å². The van der Waals surface area contributed by atoms with Crippen LogP contribution in [-0.4, -0.2) is 22.5 Å². The van der Waals surface area contributed by atoms with E-state index < -0.39 is 0 Å². The molecule has 28 heavy (non-hydrogen) atoms. The van der Waals surface area contributed by atoms with Gasteiger partial charge in [-0.05, 0) is 41.0 Å². The molecule has 0 aliphatic carbocycles. The Balaban J connectivity index is 1.44. The van der Waals surface area contributed by atoms with Gasteiger partial charge in [-0.1, -0.05) is 56.3 Å². The largest absolute Gasteiger partial charge is 0.484 e. The van der Waals surface area contributed by atoms with Crippen LogP contribution in [-0.2, 0) is 4.79 Å². The summed E-state index contributed by atoms with van der Waals surface area (Å²) >= 11 is 0. The lowest BCUT2D eigenvalue weighted by atomic mass is 10.0. The molecule has 0 spiro atoms. The molecule has 0 saturated heterocycles. The first-order valence-corrected chi connectivity index (χ1v) is 9.46. The normalized spacial score (nSPS) is 12.4. The average molecular weight is 373 g/mol. The van der Waals surface area contributed by atoms with Gasteiger partial charge in [0.15, 0.2) is 6.61 Å². The van der Waals surface area contributed by atoms with Crippen molar-refractivity contribution in [2.75, 3.05) is 6.61 Å². The Labute approximate surface area is 163 Å². The Morgan fingerprint density at radius 1 is 1.04 bits per heavy atom. The van der Waals surface area contributed by atoms with Crippen LogP contribution in [0.25, 0.3) is 21.8 Å². The summed E-state index contributed by atoms with van der Waals surface area (Å²) in [5.74, 6) is 1.45. The van der Waals surface area contributed by atoms with Gasteiger partial charge in [-0.2, -0.15) is 0 Å². The van der Waals surface area contributed by atoms with Crippen LogP contribution in [0.3, 0.4) is 0 Å². The molecule has 1 aromatic heterocycles. The molecule has 0 aliphatic heterocycles. The minimum absolute atomic E-state index is 0.0399. The predicted molar refractivity (Wildman–Crippen MR) is 111 cm³/mol. The third-order valence-corrected chi connectivity index (χ3v) is 4.78. The summed E-state index contributed by atoms with van der Waals surface area (Å²) in [7, 11) is 0. The summed E-state index contributed by atoms with van der Waals surface area (Å²) in [5.41, 5.74) is 1.86. The van der Waals surface area contributed by atoms with E-state index in [1.165, 1.54) is 0 Å². The van der Waals surface area contributed by atoms with E-state index >= 15 is 0 Å². The minimum atomic E-state index is -0.208. The SMILES string of the molecule is CC(C)[C@H](NC(=O)COc1ccc2ccccc2c1)c1nc2ccccc2[nH]1. The maximum Gasteiger partial charge on any atom is 0.258 e. The molecule has 4 rings (SSSR count). The van der Waals surface area contributed by atoms with Crippen molar-refractivity contribution in [1.82, 2.24) is 15.3 Å². The minimum Gasteiger partial charge on any atom is -0.484 e. The number of H-pyrrole nitrogens is 1. The van der Waals surface area contributed by atoms with Crippen LogP contribution in [0.1, 0.15) is 25.7 Å². The number of imidazole rings is 1. The summed E-state index contributed by atoms with van der Waals surface area (Å²) in [6.45, 7) is 4.08. The molecule has 5 nitrogen and oxygen atoms in total. The first kappa shape index (κ1) is 18.0. The number of ether oxygens (including phenoxy) is 1. The van der Waals surface area contributed by atoms with Gasteiger partial charge in [-0.15, -0.1) is 0 Å². The van der Waals surface area contributed by atoms with Gasteiger partial charge >= 0.3 is 0 Å². The van der Waals surface area contributed by atoms with Gasteiger partial charge in [-0.25, -0.2) is 4.98 Å². The monoisotopic (exact) mass is 373 g/mol. The van der Waals surface area contributed by atoms with E-state index in [4.69, 9.17) is 4.74 Å². The topological polar surface area (TPSA) is 67.0 Å². The van der Waals surface area contributed by atoms with Gasteiger partial charge in [0.05, 0.1) is 17.1 Å². The molecule has 3 aromatic carbocycles. The third kappa shape index (κ3) is 3.83. The fraction of sp³-hybridized carbons (Fsp3) is 0.217. The van der Waals surface area contributed by atoms with Gasteiger partial charge in [0.1, 0.15) is 11.6 Å². The summed E-state index contributed by atoms with van der Waals surface area (Å²) in [5, 5.41) is 5.27. The van der Waals surface area contributed by atoms with E-state index in [1.807, 2.05) is 66.7 Å². The number of carbonyl (C=O) groups excluding carboxylic acids is 1. The number of aromatic nitrogens is 2. The number of nitrogens with zero attached hydrogens (tertiary/aromatic N) is 1. The molecule has 4 aromatic rings. The second kappa shape index (κ2) is 7.72. The molecule has 5 heteroatoms. The quantitative estimate of drug-likeness (QED) is 0.519. The van der Waals surface area contributed by atoms with Crippen molar-refractivity contribution in [3.63, 3.8) is 0 Å². The van der Waals surface area contributed by atoms with Gasteiger partial charge in [0.25, 0.3) is 5.91 Å². The molecule has 142 valence electrons. The summed E-state index contributed by atoms with van der Waals surface area (Å²) in [6, 6.07) is 21.5. The second-order valence-corrected chi connectivity index (χ2v) is 7.23. The Morgan fingerprint density at radius 2 is 1.79 bits per heavy atom. The Kier molecular flexibility index (Phi) is 4.98. The fourth-order valence-electron chi connectivity index (χ4n) is 3.29. The van der Waals surface area contributed by atoms with Crippen LogP contribution in [0.5, 0.6) is 5.75 Å². The lowest BCUT2D eigenvalue weighted by molar-refractivity contribution is -0.124. The number of fused-ring (bicyclic) bond motifs is 2. The number of aromatic amines is 1. The first-order chi connectivity index (χ1) is 13.6. The van der Waals surface area contributed by atoms with E-state index in [2.05, 4.69) is 29.1 Å². The predicted octanol–water partition coefficient (Wildman–Crippen LogP) is 4.61. The van der Waals surface area contributed by atoms with Crippen molar-refractivity contribution >= 4 is 27.7 Å². The zero-order chi connectivity index (χ0) is 19.5. The summed E-state index contributed by atoms with van der Waals surface area (Å²) in [4.78, 5) is 20.4. The number of hydrogen-bond acceptors (Lipinski definition) is 3. The van der Waals surface area contributed by atoms with Crippen molar-refractivity contribution in [2.45, 2.75) is 19.9 Å². The van der Waals surface area contributed by atoms with Gasteiger partial charge in [0.2, 0.25) is 0 Å². The standard InChI is InChI=1S/C23H23N3O2/c1-15(2)22(23-24-19-9-5-6-10-20(19)25-23)26-21(27)14-28-18-12-11-16-7-3-4-8-17(16)13-18/h3-13,15,22H,14H2,1-2H3,(H,24,25)(H,26,27)/t22-/m0/s1. The first-order valence-electron chi connectivity index (χ1n) is 9.46. The van der Waals surface area contributed by atoms with Crippen LogP contribution in [0.2, 0.25) is 0 Å². The number of carbonyl (C=O) groups is 1. The molecule has 0 bridgehead atoms. The molecule has 0 radical (unpaired) electrons. The van der Waals surface area contributed by atoms with Crippen molar-refractivity contribution in [3.05, 3.63) is 72.6 Å². The van der Waals surface area contributed by atoms with Crippen molar-refractivity contribution in [3.8, 4) is 5.75 Å².